The van der Waals surface area contributed by atoms with Crippen molar-refractivity contribution >= 4 is 5.78 Å². The Labute approximate surface area is 153 Å². The minimum absolute atomic E-state index is 0.0411. The molecule has 3 atom stereocenters. The molecule has 0 aliphatic heterocycles. The zero-order chi connectivity index (χ0) is 19.6. The molecule has 0 saturated carbocycles. The fourth-order valence-electron chi connectivity index (χ4n) is 3.11. The SMILES string of the molecule is CC(C(O)C(CC(N)(N)C(=O)c1ccccc1)C(C)(C)C)C(C)(C)C. The fourth-order valence-corrected chi connectivity index (χ4v) is 3.11. The Morgan fingerprint density at radius 2 is 1.48 bits per heavy atom. The van der Waals surface area contributed by atoms with Gasteiger partial charge in [-0.1, -0.05) is 78.8 Å². The van der Waals surface area contributed by atoms with Gasteiger partial charge in [-0.05, 0) is 29.1 Å². The maximum atomic E-state index is 12.8. The summed E-state index contributed by atoms with van der Waals surface area (Å²) in [7, 11) is 0. The Bertz CT molecular complexity index is 568. The lowest BCUT2D eigenvalue weighted by molar-refractivity contribution is -0.0394. The van der Waals surface area contributed by atoms with Crippen molar-refractivity contribution in [1.82, 2.24) is 0 Å². The van der Waals surface area contributed by atoms with Gasteiger partial charge >= 0.3 is 0 Å². The lowest BCUT2D eigenvalue weighted by atomic mass is 9.65. The molecule has 3 unspecified atom stereocenters. The van der Waals surface area contributed by atoms with Crippen LogP contribution in [0.2, 0.25) is 0 Å². The standard InChI is InChI=1S/C21H36N2O2/c1-14(19(2,3)4)17(24)16(20(5,6)7)13-21(22,23)18(25)15-11-9-8-10-12-15/h8-12,14,16-17,24H,13,22-23H2,1-7H3. The van der Waals surface area contributed by atoms with E-state index in [9.17, 15) is 9.90 Å². The minimum Gasteiger partial charge on any atom is -0.393 e. The number of benzene rings is 1. The predicted octanol–water partition coefficient (Wildman–Crippen LogP) is 3.58. The first-order valence-electron chi connectivity index (χ1n) is 9.03. The van der Waals surface area contributed by atoms with E-state index in [0.717, 1.165) is 0 Å². The van der Waals surface area contributed by atoms with Gasteiger partial charge in [0.2, 0.25) is 0 Å². The second-order valence-electron chi connectivity index (χ2n) is 9.56. The van der Waals surface area contributed by atoms with Crippen molar-refractivity contribution in [2.75, 3.05) is 0 Å². The highest BCUT2D eigenvalue weighted by Gasteiger charge is 2.43. The van der Waals surface area contributed by atoms with E-state index in [2.05, 4.69) is 41.5 Å². The zero-order valence-electron chi connectivity index (χ0n) is 16.8. The van der Waals surface area contributed by atoms with Crippen molar-refractivity contribution in [2.24, 2.45) is 34.1 Å². The lowest BCUT2D eigenvalue weighted by Gasteiger charge is -2.44. The van der Waals surface area contributed by atoms with E-state index in [1.165, 1.54) is 0 Å². The van der Waals surface area contributed by atoms with Gasteiger partial charge in [0.1, 0.15) is 5.66 Å². The molecule has 4 nitrogen and oxygen atoms in total. The van der Waals surface area contributed by atoms with Gasteiger partial charge < -0.3 is 16.6 Å². The third-order valence-electron chi connectivity index (χ3n) is 5.42. The van der Waals surface area contributed by atoms with Crippen molar-refractivity contribution in [3.8, 4) is 0 Å². The number of nitrogens with two attached hydrogens (primary N) is 2. The summed E-state index contributed by atoms with van der Waals surface area (Å²) < 4.78 is 0. The number of carbonyl (C=O) groups is 1. The summed E-state index contributed by atoms with van der Waals surface area (Å²) in [6.07, 6.45) is -0.374. The number of Topliss-reactive ketones (excluding diaryl/α,β-unsaturated/α-hetero) is 1. The van der Waals surface area contributed by atoms with Crippen LogP contribution in [0.3, 0.4) is 0 Å². The lowest BCUT2D eigenvalue weighted by Crippen LogP contribution is -2.60. The summed E-state index contributed by atoms with van der Waals surface area (Å²) in [5.74, 6) is -0.457. The van der Waals surface area contributed by atoms with Gasteiger partial charge in [0.05, 0.1) is 6.10 Å². The van der Waals surface area contributed by atoms with E-state index in [4.69, 9.17) is 11.5 Å². The molecule has 142 valence electrons. The van der Waals surface area contributed by atoms with Crippen LogP contribution in [0.4, 0.5) is 0 Å². The third kappa shape index (κ3) is 5.63. The number of hydrogen-bond acceptors (Lipinski definition) is 4. The van der Waals surface area contributed by atoms with E-state index in [1.807, 2.05) is 13.0 Å². The average molecular weight is 349 g/mol. The van der Waals surface area contributed by atoms with E-state index in [1.54, 1.807) is 24.3 Å². The van der Waals surface area contributed by atoms with Gasteiger partial charge in [-0.2, -0.15) is 0 Å². The first-order chi connectivity index (χ1) is 11.2. The van der Waals surface area contributed by atoms with Crippen molar-refractivity contribution < 1.29 is 9.90 Å². The molecular formula is C21H36N2O2. The van der Waals surface area contributed by atoms with Gasteiger partial charge in [0.25, 0.3) is 0 Å². The molecule has 0 heterocycles. The van der Waals surface area contributed by atoms with Crippen molar-refractivity contribution in [2.45, 2.75) is 66.7 Å². The maximum Gasteiger partial charge on any atom is 0.197 e. The predicted molar refractivity (Wildman–Crippen MR) is 104 cm³/mol. The maximum absolute atomic E-state index is 12.8. The third-order valence-corrected chi connectivity index (χ3v) is 5.42. The second kappa shape index (κ2) is 7.56. The van der Waals surface area contributed by atoms with E-state index >= 15 is 0 Å². The molecular weight excluding hydrogens is 312 g/mol. The first-order valence-corrected chi connectivity index (χ1v) is 9.03. The molecule has 4 heteroatoms. The molecule has 0 fully saturated rings. The summed E-state index contributed by atoms with van der Waals surface area (Å²) in [6.45, 7) is 14.5. The molecule has 0 aromatic heterocycles. The topological polar surface area (TPSA) is 89.3 Å². The van der Waals surface area contributed by atoms with Crippen molar-refractivity contribution in [1.29, 1.82) is 0 Å². The van der Waals surface area contributed by atoms with Crippen LogP contribution < -0.4 is 11.5 Å². The Kier molecular flexibility index (Phi) is 6.60. The molecule has 0 amide bonds. The number of rotatable bonds is 6. The Hall–Kier alpha value is -1.23. The highest BCUT2D eigenvalue weighted by Crippen LogP contribution is 2.41. The largest absolute Gasteiger partial charge is 0.393 e. The highest BCUT2D eigenvalue weighted by atomic mass is 16.3. The summed E-state index contributed by atoms with van der Waals surface area (Å²) in [5.41, 5.74) is 11.2. The van der Waals surface area contributed by atoms with Crippen LogP contribution in [0.25, 0.3) is 0 Å². The van der Waals surface area contributed by atoms with Gasteiger partial charge in [-0.15, -0.1) is 0 Å². The number of ketones is 1. The summed E-state index contributed by atoms with van der Waals surface area (Å²) in [5, 5.41) is 11.0. The minimum atomic E-state index is -1.52. The fraction of sp³-hybridized carbons (Fsp3) is 0.667. The van der Waals surface area contributed by atoms with Crippen LogP contribution in [0.1, 0.15) is 65.2 Å². The second-order valence-corrected chi connectivity index (χ2v) is 9.56. The number of hydrogen-bond donors (Lipinski definition) is 3. The van der Waals surface area contributed by atoms with Crippen LogP contribution in [0, 0.1) is 22.7 Å². The molecule has 1 aromatic rings. The molecule has 0 aliphatic rings. The molecule has 1 aromatic carbocycles. The van der Waals surface area contributed by atoms with Gasteiger partial charge in [-0.25, -0.2) is 0 Å². The van der Waals surface area contributed by atoms with Gasteiger partial charge in [0, 0.05) is 5.56 Å². The summed E-state index contributed by atoms with van der Waals surface area (Å²) in [4.78, 5) is 12.8. The van der Waals surface area contributed by atoms with Crippen LogP contribution in [-0.4, -0.2) is 22.7 Å². The first kappa shape index (κ1) is 21.8. The monoisotopic (exact) mass is 348 g/mol. The summed E-state index contributed by atoms with van der Waals surface area (Å²) >= 11 is 0. The Morgan fingerprint density at radius 3 is 1.88 bits per heavy atom. The molecule has 0 radical (unpaired) electrons. The van der Waals surface area contributed by atoms with Crippen LogP contribution in [0.5, 0.6) is 0 Å². The van der Waals surface area contributed by atoms with Crippen molar-refractivity contribution in [3.05, 3.63) is 35.9 Å². The number of aliphatic hydroxyl groups excluding tert-OH is 1. The molecule has 0 saturated heterocycles. The molecule has 1 rings (SSSR count). The van der Waals surface area contributed by atoms with Crippen LogP contribution in [0.15, 0.2) is 30.3 Å². The summed E-state index contributed by atoms with van der Waals surface area (Å²) in [6, 6.07) is 8.87. The normalized spacial score (nSPS) is 17.0. The molecule has 0 spiro atoms. The molecule has 5 N–H and O–H groups in total. The van der Waals surface area contributed by atoms with Gasteiger partial charge in [-0.3, -0.25) is 4.79 Å². The molecule has 25 heavy (non-hydrogen) atoms. The number of aliphatic hydroxyl groups is 1. The van der Waals surface area contributed by atoms with Gasteiger partial charge in [0.15, 0.2) is 5.78 Å². The zero-order valence-corrected chi connectivity index (χ0v) is 16.8. The smallest absolute Gasteiger partial charge is 0.197 e. The van der Waals surface area contributed by atoms with Crippen LogP contribution >= 0.6 is 0 Å². The van der Waals surface area contributed by atoms with Crippen molar-refractivity contribution in [3.63, 3.8) is 0 Å². The van der Waals surface area contributed by atoms with E-state index in [0.29, 0.717) is 5.56 Å². The average Bonchev–Trinajstić information content (AvgIpc) is 2.49. The van der Waals surface area contributed by atoms with Crippen LogP contribution in [-0.2, 0) is 0 Å². The molecule has 0 aliphatic carbocycles. The Morgan fingerprint density at radius 1 is 1.00 bits per heavy atom. The Balaban J connectivity index is 3.11. The molecule has 0 bridgehead atoms. The quantitative estimate of drug-likeness (QED) is 0.541. The van der Waals surface area contributed by atoms with E-state index in [-0.39, 0.29) is 34.9 Å². The van der Waals surface area contributed by atoms with E-state index < -0.39 is 11.8 Å². The number of carbonyl (C=O) groups excluding carboxylic acids is 1. The highest BCUT2D eigenvalue weighted by molar-refractivity contribution is 6.02.